The number of hydrogen-bond donors (Lipinski definition) is 2. The van der Waals surface area contributed by atoms with E-state index in [9.17, 15) is 12.8 Å². The standard InChI is InChI=1S/C10H15FN2O2S/c1-8-3-4-9(11)10(7-8)16(14,15)13-6-5-12-2/h3-4,7,12-13H,5-6H2,1-2H3. The van der Waals surface area contributed by atoms with Crippen LogP contribution < -0.4 is 10.0 Å². The van der Waals surface area contributed by atoms with Crippen LogP contribution in [0.1, 0.15) is 5.56 Å². The predicted molar refractivity (Wildman–Crippen MR) is 60.3 cm³/mol. The average molecular weight is 246 g/mol. The normalized spacial score (nSPS) is 11.7. The Morgan fingerprint density at radius 1 is 1.31 bits per heavy atom. The average Bonchev–Trinajstić information content (AvgIpc) is 2.22. The van der Waals surface area contributed by atoms with Gasteiger partial charge < -0.3 is 5.32 Å². The van der Waals surface area contributed by atoms with Gasteiger partial charge in [0, 0.05) is 13.1 Å². The summed E-state index contributed by atoms with van der Waals surface area (Å²) in [4.78, 5) is -0.302. The van der Waals surface area contributed by atoms with Gasteiger partial charge in [-0.15, -0.1) is 0 Å². The zero-order valence-corrected chi connectivity index (χ0v) is 10.1. The Balaban J connectivity index is 2.93. The Kier molecular flexibility index (Phi) is 4.40. The summed E-state index contributed by atoms with van der Waals surface area (Å²) >= 11 is 0. The van der Waals surface area contributed by atoms with E-state index >= 15 is 0 Å². The van der Waals surface area contributed by atoms with Gasteiger partial charge in [0.15, 0.2) is 0 Å². The molecule has 0 bridgehead atoms. The van der Waals surface area contributed by atoms with Gasteiger partial charge >= 0.3 is 0 Å². The molecule has 0 saturated carbocycles. The molecule has 6 heteroatoms. The zero-order chi connectivity index (χ0) is 12.2. The fourth-order valence-corrected chi connectivity index (χ4v) is 2.40. The zero-order valence-electron chi connectivity index (χ0n) is 9.25. The highest BCUT2D eigenvalue weighted by Gasteiger charge is 2.18. The second-order valence-corrected chi connectivity index (χ2v) is 5.17. The Morgan fingerprint density at radius 3 is 2.62 bits per heavy atom. The van der Waals surface area contributed by atoms with Crippen molar-refractivity contribution in [2.45, 2.75) is 11.8 Å². The first-order valence-corrected chi connectivity index (χ1v) is 6.36. The largest absolute Gasteiger partial charge is 0.318 e. The molecule has 4 nitrogen and oxygen atoms in total. The maximum atomic E-state index is 13.3. The Bertz CT molecular complexity index is 460. The van der Waals surface area contributed by atoms with Crippen LogP contribution in [0.15, 0.2) is 23.1 Å². The second-order valence-electron chi connectivity index (χ2n) is 3.44. The smallest absolute Gasteiger partial charge is 0.243 e. The molecule has 0 heterocycles. The van der Waals surface area contributed by atoms with Crippen molar-refractivity contribution in [1.29, 1.82) is 0 Å². The molecule has 1 aromatic rings. The van der Waals surface area contributed by atoms with Crippen LogP contribution in [0.25, 0.3) is 0 Å². The van der Waals surface area contributed by atoms with Crippen LogP contribution in [0.2, 0.25) is 0 Å². The van der Waals surface area contributed by atoms with E-state index in [0.29, 0.717) is 12.1 Å². The van der Waals surface area contributed by atoms with Gasteiger partial charge in [-0.25, -0.2) is 17.5 Å². The van der Waals surface area contributed by atoms with Crippen LogP contribution in [-0.2, 0) is 10.0 Å². The summed E-state index contributed by atoms with van der Waals surface area (Å²) < 4.78 is 39.1. The molecule has 2 N–H and O–H groups in total. The van der Waals surface area contributed by atoms with Crippen LogP contribution in [0.4, 0.5) is 4.39 Å². The van der Waals surface area contributed by atoms with E-state index in [4.69, 9.17) is 0 Å². The van der Waals surface area contributed by atoms with E-state index < -0.39 is 15.8 Å². The van der Waals surface area contributed by atoms with Crippen molar-refractivity contribution in [3.8, 4) is 0 Å². The summed E-state index contributed by atoms with van der Waals surface area (Å²) in [5, 5.41) is 2.80. The van der Waals surface area contributed by atoms with Crippen molar-refractivity contribution in [3.63, 3.8) is 0 Å². The predicted octanol–water partition coefficient (Wildman–Crippen LogP) is 0.632. The summed E-state index contributed by atoms with van der Waals surface area (Å²) in [6.45, 7) is 2.44. The SMILES string of the molecule is CNCCNS(=O)(=O)c1cc(C)ccc1F. The number of hydrogen-bond acceptors (Lipinski definition) is 3. The van der Waals surface area contributed by atoms with E-state index in [0.717, 1.165) is 6.07 Å². The molecule has 1 rings (SSSR count). The van der Waals surface area contributed by atoms with Gasteiger partial charge in [0.05, 0.1) is 0 Å². The summed E-state index contributed by atoms with van der Waals surface area (Å²) in [5.74, 6) is -0.734. The van der Waals surface area contributed by atoms with Crippen LogP contribution >= 0.6 is 0 Å². The van der Waals surface area contributed by atoms with E-state index in [2.05, 4.69) is 10.0 Å². The molecule has 0 radical (unpaired) electrons. The number of rotatable bonds is 5. The van der Waals surface area contributed by atoms with Crippen molar-refractivity contribution in [2.75, 3.05) is 20.1 Å². The number of nitrogens with one attached hydrogen (secondary N) is 2. The van der Waals surface area contributed by atoms with Crippen LogP contribution in [0.3, 0.4) is 0 Å². The first-order chi connectivity index (χ1) is 7.47. The molecule has 0 amide bonds. The summed E-state index contributed by atoms with van der Waals surface area (Å²) in [7, 11) is -2.04. The highest BCUT2D eigenvalue weighted by Crippen LogP contribution is 2.15. The monoisotopic (exact) mass is 246 g/mol. The Labute approximate surface area is 94.9 Å². The van der Waals surface area contributed by atoms with E-state index in [1.165, 1.54) is 12.1 Å². The third-order valence-corrected chi connectivity index (χ3v) is 3.52. The minimum absolute atomic E-state index is 0.228. The van der Waals surface area contributed by atoms with Gasteiger partial charge in [0.2, 0.25) is 10.0 Å². The van der Waals surface area contributed by atoms with Crippen molar-refractivity contribution in [1.82, 2.24) is 10.0 Å². The third-order valence-electron chi connectivity index (χ3n) is 2.04. The maximum absolute atomic E-state index is 13.3. The van der Waals surface area contributed by atoms with Crippen molar-refractivity contribution in [3.05, 3.63) is 29.6 Å². The fourth-order valence-electron chi connectivity index (χ4n) is 1.20. The quantitative estimate of drug-likeness (QED) is 0.749. The van der Waals surface area contributed by atoms with Gasteiger partial charge in [-0.2, -0.15) is 0 Å². The van der Waals surface area contributed by atoms with Crippen molar-refractivity contribution in [2.24, 2.45) is 0 Å². The molecule has 0 spiro atoms. The van der Waals surface area contributed by atoms with Crippen molar-refractivity contribution >= 4 is 10.0 Å². The van der Waals surface area contributed by atoms with Gasteiger partial charge in [-0.3, -0.25) is 0 Å². The van der Waals surface area contributed by atoms with E-state index in [-0.39, 0.29) is 11.4 Å². The molecule has 0 aliphatic rings. The number of aryl methyl sites for hydroxylation is 1. The van der Waals surface area contributed by atoms with Gasteiger partial charge in [-0.05, 0) is 31.7 Å². The van der Waals surface area contributed by atoms with Gasteiger partial charge in [0.25, 0.3) is 0 Å². The number of halogens is 1. The van der Waals surface area contributed by atoms with Crippen molar-refractivity contribution < 1.29 is 12.8 Å². The fraction of sp³-hybridized carbons (Fsp3) is 0.400. The highest BCUT2D eigenvalue weighted by atomic mass is 32.2. The Hall–Kier alpha value is -0.980. The first-order valence-electron chi connectivity index (χ1n) is 4.88. The van der Waals surface area contributed by atoms with Gasteiger partial charge in [-0.1, -0.05) is 6.07 Å². The van der Waals surface area contributed by atoms with Gasteiger partial charge in [0.1, 0.15) is 10.7 Å². The molecule has 0 fully saturated rings. The molecule has 16 heavy (non-hydrogen) atoms. The summed E-state index contributed by atoms with van der Waals surface area (Å²) in [6, 6.07) is 4.00. The van der Waals surface area contributed by atoms with Crippen LogP contribution in [0.5, 0.6) is 0 Å². The third kappa shape index (κ3) is 3.26. The molecular weight excluding hydrogens is 231 g/mol. The number of benzene rings is 1. The van der Waals surface area contributed by atoms with E-state index in [1.807, 2.05) is 0 Å². The molecule has 0 saturated heterocycles. The van der Waals surface area contributed by atoms with Crippen LogP contribution in [0, 0.1) is 12.7 Å². The first kappa shape index (κ1) is 13.1. The lowest BCUT2D eigenvalue weighted by molar-refractivity contribution is 0.555. The maximum Gasteiger partial charge on any atom is 0.243 e. The molecule has 1 aromatic carbocycles. The molecule has 0 aliphatic carbocycles. The summed E-state index contributed by atoms with van der Waals surface area (Å²) in [6.07, 6.45) is 0. The number of sulfonamides is 1. The number of likely N-dealkylation sites (N-methyl/N-ethyl adjacent to an activating group) is 1. The lowest BCUT2D eigenvalue weighted by atomic mass is 10.2. The topological polar surface area (TPSA) is 58.2 Å². The molecule has 90 valence electrons. The molecule has 0 unspecified atom stereocenters. The lowest BCUT2D eigenvalue weighted by Crippen LogP contribution is -2.31. The molecule has 0 aromatic heterocycles. The highest BCUT2D eigenvalue weighted by molar-refractivity contribution is 7.89. The molecule has 0 atom stereocenters. The van der Waals surface area contributed by atoms with E-state index in [1.54, 1.807) is 14.0 Å². The second kappa shape index (κ2) is 5.38. The summed E-state index contributed by atoms with van der Waals surface area (Å²) in [5.41, 5.74) is 0.704. The Morgan fingerprint density at radius 2 is 2.00 bits per heavy atom. The minimum atomic E-state index is -3.75. The van der Waals surface area contributed by atoms with Crippen LogP contribution in [-0.4, -0.2) is 28.6 Å². The molecular formula is C10H15FN2O2S. The lowest BCUT2D eigenvalue weighted by Gasteiger charge is -2.08. The minimum Gasteiger partial charge on any atom is -0.318 e. The molecule has 0 aliphatic heterocycles.